The fourth-order valence-electron chi connectivity index (χ4n) is 4.04. The van der Waals surface area contributed by atoms with Crippen molar-refractivity contribution in [1.29, 1.82) is 0 Å². The zero-order valence-electron chi connectivity index (χ0n) is 19.4. The Balaban J connectivity index is 1.78. The lowest BCUT2D eigenvalue weighted by atomic mass is 10.1. The largest absolute Gasteiger partial charge is 0.475 e. The molecule has 0 aliphatic heterocycles. The molecule has 37 heavy (non-hydrogen) atoms. The zero-order valence-corrected chi connectivity index (χ0v) is 20.2. The van der Waals surface area contributed by atoms with E-state index in [1.807, 2.05) is 0 Å². The standard InChI is InChI=1S/C26H21F4NO5S/c1-16-21-14-20(9-10-23(21)36-24(16)25(32)33)37(34,35)31(12-11-17-5-3-2-4-6-17)15-18-7-8-19(27)13-22(18)26(28,29)30/h2-10,13-14H,11-12,15H2,1H3,(H,32,33). The Labute approximate surface area is 209 Å². The topological polar surface area (TPSA) is 87.8 Å². The van der Waals surface area contributed by atoms with Crippen LogP contribution in [0.15, 0.2) is 76.0 Å². The summed E-state index contributed by atoms with van der Waals surface area (Å²) in [6.07, 6.45) is -4.69. The Kier molecular flexibility index (Phi) is 7.11. The number of fused-ring (bicyclic) bond motifs is 1. The van der Waals surface area contributed by atoms with E-state index in [9.17, 15) is 35.9 Å². The van der Waals surface area contributed by atoms with E-state index >= 15 is 0 Å². The van der Waals surface area contributed by atoms with E-state index in [0.29, 0.717) is 6.07 Å². The number of rotatable bonds is 8. The highest BCUT2D eigenvalue weighted by Crippen LogP contribution is 2.34. The van der Waals surface area contributed by atoms with Crippen molar-refractivity contribution in [2.45, 2.75) is 31.0 Å². The Morgan fingerprint density at radius 2 is 1.73 bits per heavy atom. The number of carbonyl (C=O) groups is 1. The van der Waals surface area contributed by atoms with E-state index in [1.165, 1.54) is 25.1 Å². The first-order valence-electron chi connectivity index (χ1n) is 11.0. The molecule has 3 aromatic carbocycles. The van der Waals surface area contributed by atoms with Gasteiger partial charge in [-0.2, -0.15) is 17.5 Å². The lowest BCUT2D eigenvalue weighted by Gasteiger charge is -2.24. The molecule has 1 N–H and O–H groups in total. The summed E-state index contributed by atoms with van der Waals surface area (Å²) >= 11 is 0. The molecule has 0 saturated carbocycles. The van der Waals surface area contributed by atoms with E-state index in [-0.39, 0.29) is 40.2 Å². The number of sulfonamides is 1. The number of aryl methyl sites for hydroxylation is 1. The summed E-state index contributed by atoms with van der Waals surface area (Å²) in [7, 11) is -4.38. The number of furan rings is 1. The summed E-state index contributed by atoms with van der Waals surface area (Å²) in [5.74, 6) is -2.75. The van der Waals surface area contributed by atoms with Gasteiger partial charge in [0, 0.05) is 24.0 Å². The zero-order chi connectivity index (χ0) is 27.0. The van der Waals surface area contributed by atoms with Crippen LogP contribution in [0.25, 0.3) is 11.0 Å². The van der Waals surface area contributed by atoms with Crippen LogP contribution in [0.5, 0.6) is 0 Å². The van der Waals surface area contributed by atoms with Crippen molar-refractivity contribution < 1.29 is 40.3 Å². The first kappa shape index (κ1) is 26.4. The summed E-state index contributed by atoms with van der Waals surface area (Å²) in [5, 5.41) is 9.55. The Hall–Kier alpha value is -3.70. The van der Waals surface area contributed by atoms with Gasteiger partial charge in [-0.05, 0) is 54.8 Å². The van der Waals surface area contributed by atoms with Gasteiger partial charge in [0.1, 0.15) is 11.4 Å². The SMILES string of the molecule is Cc1c(C(=O)O)oc2ccc(S(=O)(=O)N(CCc3ccccc3)Cc3ccc(F)cc3C(F)(F)F)cc12. The number of alkyl halides is 3. The van der Waals surface area contributed by atoms with Crippen molar-refractivity contribution in [3.63, 3.8) is 0 Å². The van der Waals surface area contributed by atoms with Crippen molar-refractivity contribution in [1.82, 2.24) is 4.31 Å². The van der Waals surface area contributed by atoms with Crippen LogP contribution in [0, 0.1) is 12.7 Å². The molecule has 1 aromatic heterocycles. The molecule has 0 spiro atoms. The predicted octanol–water partition coefficient (Wildman–Crippen LogP) is 6.03. The van der Waals surface area contributed by atoms with Crippen LogP contribution in [-0.4, -0.2) is 30.3 Å². The van der Waals surface area contributed by atoms with E-state index in [0.717, 1.165) is 22.0 Å². The van der Waals surface area contributed by atoms with Crippen molar-refractivity contribution in [3.8, 4) is 0 Å². The van der Waals surface area contributed by atoms with Crippen molar-refractivity contribution in [3.05, 3.63) is 101 Å². The number of benzene rings is 3. The Morgan fingerprint density at radius 3 is 2.38 bits per heavy atom. The predicted molar refractivity (Wildman–Crippen MR) is 127 cm³/mol. The molecular weight excluding hydrogens is 514 g/mol. The average molecular weight is 536 g/mol. The number of carboxylic acid groups (broad SMARTS) is 1. The molecule has 4 rings (SSSR count). The smallest absolute Gasteiger partial charge is 0.416 e. The van der Waals surface area contributed by atoms with Gasteiger partial charge in [0.25, 0.3) is 0 Å². The van der Waals surface area contributed by atoms with Gasteiger partial charge >= 0.3 is 12.1 Å². The molecule has 6 nitrogen and oxygen atoms in total. The second kappa shape index (κ2) is 9.98. The third-order valence-corrected chi connectivity index (χ3v) is 7.80. The maximum Gasteiger partial charge on any atom is 0.416 e. The number of hydrogen-bond donors (Lipinski definition) is 1. The normalized spacial score (nSPS) is 12.4. The van der Waals surface area contributed by atoms with E-state index in [2.05, 4.69) is 0 Å². The minimum absolute atomic E-state index is 0.155. The monoisotopic (exact) mass is 535 g/mol. The van der Waals surface area contributed by atoms with Crippen LogP contribution < -0.4 is 0 Å². The molecule has 0 amide bonds. The third kappa shape index (κ3) is 5.52. The highest BCUT2D eigenvalue weighted by Gasteiger charge is 2.35. The van der Waals surface area contributed by atoms with Gasteiger partial charge in [-0.15, -0.1) is 0 Å². The molecule has 194 valence electrons. The Morgan fingerprint density at radius 1 is 1.03 bits per heavy atom. The molecular formula is C26H21F4NO5S. The summed E-state index contributed by atoms with van der Waals surface area (Å²) < 4.78 is 88.2. The summed E-state index contributed by atoms with van der Waals surface area (Å²) in [6.45, 7) is 0.643. The van der Waals surface area contributed by atoms with Gasteiger partial charge in [-0.1, -0.05) is 36.4 Å². The molecule has 0 fully saturated rings. The average Bonchev–Trinajstić information content (AvgIpc) is 3.18. The van der Waals surface area contributed by atoms with Gasteiger partial charge in [-0.25, -0.2) is 17.6 Å². The van der Waals surface area contributed by atoms with E-state index in [1.54, 1.807) is 30.3 Å². The van der Waals surface area contributed by atoms with Crippen molar-refractivity contribution in [2.24, 2.45) is 0 Å². The number of aromatic carboxylic acids is 1. The lowest BCUT2D eigenvalue weighted by Crippen LogP contribution is -2.33. The highest BCUT2D eigenvalue weighted by atomic mass is 32.2. The lowest BCUT2D eigenvalue weighted by molar-refractivity contribution is -0.138. The van der Waals surface area contributed by atoms with Crippen LogP contribution in [0.1, 0.15) is 32.8 Å². The van der Waals surface area contributed by atoms with E-state index < -0.39 is 45.7 Å². The summed E-state index contributed by atoms with van der Waals surface area (Å²) in [6, 6.07) is 14.7. The van der Waals surface area contributed by atoms with Gasteiger partial charge in [-0.3, -0.25) is 0 Å². The van der Waals surface area contributed by atoms with Crippen LogP contribution in [0.2, 0.25) is 0 Å². The number of carboxylic acids is 1. The summed E-state index contributed by atoms with van der Waals surface area (Å²) in [5.41, 5.74) is -0.528. The van der Waals surface area contributed by atoms with Crippen molar-refractivity contribution >= 4 is 27.0 Å². The van der Waals surface area contributed by atoms with Crippen LogP contribution in [0.4, 0.5) is 17.6 Å². The molecule has 0 bridgehead atoms. The molecule has 1 heterocycles. The number of hydrogen-bond acceptors (Lipinski definition) is 4. The minimum atomic E-state index is -4.90. The molecule has 4 aromatic rings. The second-order valence-electron chi connectivity index (χ2n) is 8.39. The third-order valence-electron chi connectivity index (χ3n) is 5.96. The fraction of sp³-hybridized carbons (Fsp3) is 0.192. The molecule has 0 radical (unpaired) electrons. The molecule has 0 saturated heterocycles. The molecule has 0 unspecified atom stereocenters. The summed E-state index contributed by atoms with van der Waals surface area (Å²) in [4.78, 5) is 11.2. The van der Waals surface area contributed by atoms with E-state index in [4.69, 9.17) is 4.42 Å². The van der Waals surface area contributed by atoms with Crippen LogP contribution >= 0.6 is 0 Å². The number of nitrogens with zero attached hydrogens (tertiary/aromatic N) is 1. The maximum atomic E-state index is 13.7. The molecule has 0 atom stereocenters. The number of halogens is 4. The Bertz CT molecular complexity index is 1560. The fourth-order valence-corrected chi connectivity index (χ4v) is 5.48. The highest BCUT2D eigenvalue weighted by molar-refractivity contribution is 7.89. The van der Waals surface area contributed by atoms with Gasteiger partial charge in [0.05, 0.1) is 10.5 Å². The first-order chi connectivity index (χ1) is 17.4. The van der Waals surface area contributed by atoms with Crippen molar-refractivity contribution in [2.75, 3.05) is 6.54 Å². The van der Waals surface area contributed by atoms with Gasteiger partial charge in [0.15, 0.2) is 0 Å². The quantitative estimate of drug-likeness (QED) is 0.279. The van der Waals surface area contributed by atoms with Crippen LogP contribution in [-0.2, 0) is 29.2 Å². The molecule has 0 aliphatic rings. The van der Waals surface area contributed by atoms with Gasteiger partial charge < -0.3 is 9.52 Å². The maximum absolute atomic E-state index is 13.7. The molecule has 0 aliphatic carbocycles. The second-order valence-corrected chi connectivity index (χ2v) is 10.3. The van der Waals surface area contributed by atoms with Crippen LogP contribution in [0.3, 0.4) is 0 Å². The first-order valence-corrected chi connectivity index (χ1v) is 12.5. The van der Waals surface area contributed by atoms with Gasteiger partial charge in [0.2, 0.25) is 15.8 Å². The molecule has 11 heteroatoms. The minimum Gasteiger partial charge on any atom is -0.475 e.